The molecule has 1 heterocycles. The number of pyridine rings is 1. The number of anilines is 1. The van der Waals surface area contributed by atoms with Crippen molar-refractivity contribution in [1.29, 1.82) is 0 Å². The fourth-order valence-corrected chi connectivity index (χ4v) is 2.10. The first kappa shape index (κ1) is 12.9. The number of aryl methyl sites for hydroxylation is 1. The Morgan fingerprint density at radius 2 is 1.89 bits per heavy atom. The second-order valence-electron chi connectivity index (χ2n) is 5.84. The molecule has 0 aliphatic rings. The predicted octanol–water partition coefficient (Wildman–Crippen LogP) is 4.27. The third kappa shape index (κ3) is 2.47. The minimum atomic E-state index is 0.183. The van der Waals surface area contributed by atoms with Gasteiger partial charge in [-0.1, -0.05) is 26.8 Å². The van der Waals surface area contributed by atoms with E-state index in [1.54, 1.807) is 0 Å². The quantitative estimate of drug-likeness (QED) is 0.850. The highest BCUT2D eigenvalue weighted by atomic mass is 15.0. The summed E-state index contributed by atoms with van der Waals surface area (Å²) in [6.45, 7) is 11.8. The number of hydrogen-bond acceptors (Lipinski definition) is 2. The molecule has 2 heteroatoms. The molecular weight excluding hydrogens is 220 g/mol. The highest BCUT2D eigenvalue weighted by Crippen LogP contribution is 2.27. The van der Waals surface area contributed by atoms with Crippen molar-refractivity contribution >= 4 is 16.7 Å². The van der Waals surface area contributed by atoms with Crippen molar-refractivity contribution in [2.45, 2.75) is 40.0 Å². The molecule has 0 atom stereocenters. The molecule has 0 fully saturated rings. The van der Waals surface area contributed by atoms with Crippen molar-refractivity contribution in [3.05, 3.63) is 35.4 Å². The molecule has 96 valence electrons. The summed E-state index contributed by atoms with van der Waals surface area (Å²) >= 11 is 0. The van der Waals surface area contributed by atoms with Gasteiger partial charge in [-0.3, -0.25) is 0 Å². The lowest BCUT2D eigenvalue weighted by atomic mass is 9.86. The molecule has 18 heavy (non-hydrogen) atoms. The summed E-state index contributed by atoms with van der Waals surface area (Å²) in [4.78, 5) is 4.68. The first-order chi connectivity index (χ1) is 8.41. The third-order valence-corrected chi connectivity index (χ3v) is 3.22. The summed E-state index contributed by atoms with van der Waals surface area (Å²) in [6.07, 6.45) is 0. The Kier molecular flexibility index (Phi) is 3.29. The molecule has 1 aromatic carbocycles. The van der Waals surface area contributed by atoms with Gasteiger partial charge < -0.3 is 5.32 Å². The van der Waals surface area contributed by atoms with Crippen molar-refractivity contribution in [2.24, 2.45) is 0 Å². The van der Waals surface area contributed by atoms with Gasteiger partial charge in [0.2, 0.25) is 0 Å². The van der Waals surface area contributed by atoms with E-state index in [2.05, 4.69) is 69.2 Å². The predicted molar refractivity (Wildman–Crippen MR) is 79.3 cm³/mol. The van der Waals surface area contributed by atoms with Gasteiger partial charge in [-0.05, 0) is 48.6 Å². The molecule has 0 amide bonds. The van der Waals surface area contributed by atoms with Crippen molar-refractivity contribution in [3.63, 3.8) is 0 Å². The number of nitrogens with zero attached hydrogens (tertiary/aromatic N) is 1. The molecular formula is C16H22N2. The highest BCUT2D eigenvalue weighted by molar-refractivity contribution is 5.82. The van der Waals surface area contributed by atoms with Crippen LogP contribution in [0.3, 0.4) is 0 Å². The summed E-state index contributed by atoms with van der Waals surface area (Å²) in [5.41, 5.74) is 3.80. The fraction of sp³-hybridized carbons (Fsp3) is 0.438. The van der Waals surface area contributed by atoms with Gasteiger partial charge in [-0.2, -0.15) is 0 Å². The first-order valence-corrected chi connectivity index (χ1v) is 6.57. The van der Waals surface area contributed by atoms with Crippen LogP contribution in [0.15, 0.2) is 24.3 Å². The number of hydrogen-bond donors (Lipinski definition) is 1. The number of fused-ring (bicyclic) bond motifs is 1. The maximum absolute atomic E-state index is 4.68. The third-order valence-electron chi connectivity index (χ3n) is 3.22. The van der Waals surface area contributed by atoms with Gasteiger partial charge in [0.25, 0.3) is 0 Å². The second kappa shape index (κ2) is 4.60. The Hall–Kier alpha value is -1.57. The van der Waals surface area contributed by atoms with Crippen molar-refractivity contribution in [1.82, 2.24) is 4.98 Å². The van der Waals surface area contributed by atoms with Gasteiger partial charge >= 0.3 is 0 Å². The largest absolute Gasteiger partial charge is 0.370 e. The Labute approximate surface area is 109 Å². The van der Waals surface area contributed by atoms with E-state index in [1.807, 2.05) is 0 Å². The van der Waals surface area contributed by atoms with Crippen molar-refractivity contribution in [3.8, 4) is 0 Å². The average Bonchev–Trinajstić information content (AvgIpc) is 2.28. The van der Waals surface area contributed by atoms with E-state index in [-0.39, 0.29) is 5.41 Å². The molecule has 2 nitrogen and oxygen atoms in total. The summed E-state index contributed by atoms with van der Waals surface area (Å²) in [7, 11) is 0. The van der Waals surface area contributed by atoms with Crippen LogP contribution >= 0.6 is 0 Å². The van der Waals surface area contributed by atoms with E-state index in [9.17, 15) is 0 Å². The highest BCUT2D eigenvalue weighted by Gasteiger charge is 2.14. The van der Waals surface area contributed by atoms with Gasteiger partial charge in [0.15, 0.2) is 0 Å². The standard InChI is InChI=1S/C16H22N2/c1-6-17-15-11(2)9-12-10-13(16(3,4)5)7-8-14(12)18-15/h7-10H,6H2,1-5H3,(H,17,18). The van der Waals surface area contributed by atoms with Crippen LogP contribution in [0.25, 0.3) is 10.9 Å². The van der Waals surface area contributed by atoms with Crippen LogP contribution in [0, 0.1) is 6.92 Å². The Morgan fingerprint density at radius 1 is 1.17 bits per heavy atom. The smallest absolute Gasteiger partial charge is 0.129 e. The molecule has 0 spiro atoms. The Balaban J connectivity index is 2.56. The molecule has 1 aromatic heterocycles. The molecule has 0 unspecified atom stereocenters. The lowest BCUT2D eigenvalue weighted by molar-refractivity contribution is 0.591. The summed E-state index contributed by atoms with van der Waals surface area (Å²) in [6, 6.07) is 8.78. The normalized spacial score (nSPS) is 11.8. The van der Waals surface area contributed by atoms with Crippen LogP contribution < -0.4 is 5.32 Å². The van der Waals surface area contributed by atoms with E-state index in [4.69, 9.17) is 0 Å². The van der Waals surface area contributed by atoms with E-state index in [0.29, 0.717) is 0 Å². The SMILES string of the molecule is CCNc1nc2ccc(C(C)(C)C)cc2cc1C. The van der Waals surface area contributed by atoms with Crippen LogP contribution in [-0.4, -0.2) is 11.5 Å². The minimum absolute atomic E-state index is 0.183. The zero-order valence-electron chi connectivity index (χ0n) is 12.0. The maximum atomic E-state index is 4.68. The monoisotopic (exact) mass is 242 g/mol. The van der Waals surface area contributed by atoms with Crippen LogP contribution in [-0.2, 0) is 5.41 Å². The van der Waals surface area contributed by atoms with Gasteiger partial charge in [0.1, 0.15) is 5.82 Å². The first-order valence-electron chi connectivity index (χ1n) is 6.57. The van der Waals surface area contributed by atoms with Crippen LogP contribution in [0.5, 0.6) is 0 Å². The van der Waals surface area contributed by atoms with E-state index >= 15 is 0 Å². The van der Waals surface area contributed by atoms with Crippen molar-refractivity contribution in [2.75, 3.05) is 11.9 Å². The van der Waals surface area contributed by atoms with Gasteiger partial charge in [-0.15, -0.1) is 0 Å². The molecule has 0 bridgehead atoms. The Bertz CT molecular complexity index is 565. The average molecular weight is 242 g/mol. The molecule has 2 aromatic rings. The minimum Gasteiger partial charge on any atom is -0.370 e. The van der Waals surface area contributed by atoms with Crippen LogP contribution in [0.4, 0.5) is 5.82 Å². The molecule has 0 radical (unpaired) electrons. The fourth-order valence-electron chi connectivity index (χ4n) is 2.10. The maximum Gasteiger partial charge on any atom is 0.129 e. The summed E-state index contributed by atoms with van der Waals surface area (Å²) in [5, 5.41) is 4.53. The second-order valence-corrected chi connectivity index (χ2v) is 5.84. The molecule has 0 saturated heterocycles. The van der Waals surface area contributed by atoms with E-state index in [0.717, 1.165) is 17.9 Å². The number of rotatable bonds is 2. The molecule has 1 N–H and O–H groups in total. The van der Waals surface area contributed by atoms with Crippen LogP contribution in [0.2, 0.25) is 0 Å². The van der Waals surface area contributed by atoms with Crippen LogP contribution in [0.1, 0.15) is 38.8 Å². The molecule has 0 aliphatic heterocycles. The Morgan fingerprint density at radius 3 is 2.50 bits per heavy atom. The zero-order valence-corrected chi connectivity index (χ0v) is 12.0. The summed E-state index contributed by atoms with van der Waals surface area (Å²) < 4.78 is 0. The lowest BCUT2D eigenvalue weighted by Crippen LogP contribution is -2.10. The van der Waals surface area contributed by atoms with Gasteiger partial charge in [0.05, 0.1) is 5.52 Å². The molecule has 0 saturated carbocycles. The van der Waals surface area contributed by atoms with Crippen molar-refractivity contribution < 1.29 is 0 Å². The zero-order chi connectivity index (χ0) is 13.3. The van der Waals surface area contributed by atoms with E-state index in [1.165, 1.54) is 16.5 Å². The molecule has 0 aliphatic carbocycles. The number of benzene rings is 1. The summed E-state index contributed by atoms with van der Waals surface area (Å²) in [5.74, 6) is 0.994. The lowest BCUT2D eigenvalue weighted by Gasteiger charge is -2.19. The van der Waals surface area contributed by atoms with Gasteiger partial charge in [-0.25, -0.2) is 4.98 Å². The topological polar surface area (TPSA) is 24.9 Å². The number of nitrogens with one attached hydrogen (secondary N) is 1. The van der Waals surface area contributed by atoms with E-state index < -0.39 is 0 Å². The number of aromatic nitrogens is 1. The molecule has 2 rings (SSSR count). The van der Waals surface area contributed by atoms with Gasteiger partial charge in [0, 0.05) is 11.9 Å².